The molecule has 1 saturated heterocycles. The molecule has 0 bridgehead atoms. The molecular weight excluding hydrogens is 390 g/mol. The van der Waals surface area contributed by atoms with Gasteiger partial charge in [0, 0.05) is 18.7 Å². The molecule has 29 heavy (non-hydrogen) atoms. The van der Waals surface area contributed by atoms with Gasteiger partial charge in [-0.05, 0) is 38.1 Å². The first-order chi connectivity index (χ1) is 13.7. The Kier molecular flexibility index (Phi) is 4.89. The summed E-state index contributed by atoms with van der Waals surface area (Å²) >= 11 is 0. The van der Waals surface area contributed by atoms with Gasteiger partial charge in [0.1, 0.15) is 0 Å². The fraction of sp³-hybridized carbons (Fsp3) is 0.300. The van der Waals surface area contributed by atoms with E-state index in [1.54, 1.807) is 12.1 Å². The number of hydrogen-bond donors (Lipinski definition) is 1. The molecule has 1 fully saturated rings. The average molecular weight is 414 g/mol. The molecule has 0 unspecified atom stereocenters. The van der Waals surface area contributed by atoms with Crippen molar-refractivity contribution < 1.29 is 13.2 Å². The quantitative estimate of drug-likeness (QED) is 0.703. The van der Waals surface area contributed by atoms with Crippen LogP contribution in [0, 0.1) is 0 Å². The van der Waals surface area contributed by atoms with E-state index in [2.05, 4.69) is 15.1 Å². The molecule has 2 heterocycles. The fourth-order valence-corrected chi connectivity index (χ4v) is 3.98. The van der Waals surface area contributed by atoms with Crippen molar-refractivity contribution in [2.45, 2.75) is 24.3 Å². The molecule has 9 heteroatoms. The molecule has 1 aliphatic rings. The monoisotopic (exact) mass is 413 g/mol. The van der Waals surface area contributed by atoms with Gasteiger partial charge in [0.05, 0.1) is 22.8 Å². The highest BCUT2D eigenvalue weighted by molar-refractivity contribution is 7.89. The lowest BCUT2D eigenvalue weighted by atomic mass is 10.1. The van der Waals surface area contributed by atoms with E-state index in [4.69, 9.17) is 9.88 Å². The number of sulfonamides is 1. The number of nitrogens with two attached hydrogens (primary N) is 1. The molecule has 0 saturated carbocycles. The van der Waals surface area contributed by atoms with Gasteiger partial charge in [-0.25, -0.2) is 13.6 Å². The molecule has 3 aromatic rings. The van der Waals surface area contributed by atoms with Crippen molar-refractivity contribution in [1.29, 1.82) is 0 Å². The molecule has 2 N–H and O–H groups in total. The molecule has 0 spiro atoms. The number of nitrogens with zero attached hydrogens (tertiary/aromatic N) is 4. The van der Waals surface area contributed by atoms with E-state index < -0.39 is 10.0 Å². The lowest BCUT2D eigenvalue weighted by molar-refractivity contribution is -0.0282. The number of primary sulfonamides is 1. The number of morpholine rings is 1. The summed E-state index contributed by atoms with van der Waals surface area (Å²) < 4.78 is 31.0. The third-order valence-corrected chi connectivity index (χ3v) is 5.74. The maximum Gasteiger partial charge on any atom is 0.238 e. The lowest BCUT2D eigenvalue weighted by Crippen LogP contribution is -2.49. The van der Waals surface area contributed by atoms with Crippen LogP contribution in [0.3, 0.4) is 0 Å². The number of anilines is 1. The standard InChI is InChI=1S/C20H23N5O3S/c1-20(2)14-24(12-13-28-20)19-23-22-18(15-6-4-3-5-7-15)25(19)16-8-10-17(11-9-16)29(21,26)27/h3-11H,12-14H2,1-2H3,(H2,21,26,27). The van der Waals surface area contributed by atoms with Crippen molar-refractivity contribution in [1.82, 2.24) is 14.8 Å². The fourth-order valence-electron chi connectivity index (χ4n) is 3.46. The second-order valence-electron chi connectivity index (χ2n) is 7.59. The summed E-state index contributed by atoms with van der Waals surface area (Å²) in [7, 11) is -3.76. The number of rotatable bonds is 4. The van der Waals surface area contributed by atoms with Gasteiger partial charge in [0.15, 0.2) is 5.82 Å². The van der Waals surface area contributed by atoms with Gasteiger partial charge in [0.2, 0.25) is 16.0 Å². The predicted octanol–water partition coefficient (Wildman–Crippen LogP) is 2.20. The SMILES string of the molecule is CC1(C)CN(c2nnc(-c3ccccc3)n2-c2ccc(S(N)(=O)=O)cc2)CCO1. The first-order valence-electron chi connectivity index (χ1n) is 9.28. The average Bonchev–Trinajstić information content (AvgIpc) is 3.12. The summed E-state index contributed by atoms with van der Waals surface area (Å²) in [6.45, 7) is 6.02. The van der Waals surface area contributed by atoms with E-state index in [9.17, 15) is 8.42 Å². The summed E-state index contributed by atoms with van der Waals surface area (Å²) in [6.07, 6.45) is 0. The highest BCUT2D eigenvalue weighted by atomic mass is 32.2. The number of aromatic nitrogens is 3. The summed E-state index contributed by atoms with van der Waals surface area (Å²) in [5, 5.41) is 14.2. The van der Waals surface area contributed by atoms with Crippen LogP contribution < -0.4 is 10.0 Å². The zero-order valence-electron chi connectivity index (χ0n) is 16.3. The van der Waals surface area contributed by atoms with Crippen molar-refractivity contribution in [3.63, 3.8) is 0 Å². The van der Waals surface area contributed by atoms with E-state index in [-0.39, 0.29) is 10.5 Å². The highest BCUT2D eigenvalue weighted by Gasteiger charge is 2.31. The Hall–Kier alpha value is -2.75. The Bertz CT molecular complexity index is 1110. The molecule has 4 rings (SSSR count). The molecule has 8 nitrogen and oxygen atoms in total. The Morgan fingerprint density at radius 3 is 2.34 bits per heavy atom. The minimum atomic E-state index is -3.76. The molecule has 0 atom stereocenters. The number of ether oxygens (including phenoxy) is 1. The second-order valence-corrected chi connectivity index (χ2v) is 9.16. The van der Waals surface area contributed by atoms with Gasteiger partial charge < -0.3 is 9.64 Å². The smallest absolute Gasteiger partial charge is 0.238 e. The maximum absolute atomic E-state index is 11.6. The minimum absolute atomic E-state index is 0.0599. The van der Waals surface area contributed by atoms with Gasteiger partial charge in [-0.2, -0.15) is 0 Å². The molecule has 0 amide bonds. The summed E-state index contributed by atoms with van der Waals surface area (Å²) in [6, 6.07) is 16.2. The highest BCUT2D eigenvalue weighted by Crippen LogP contribution is 2.30. The van der Waals surface area contributed by atoms with Crippen LogP contribution in [0.4, 0.5) is 5.95 Å². The van der Waals surface area contributed by atoms with Crippen molar-refractivity contribution in [3.05, 3.63) is 54.6 Å². The van der Waals surface area contributed by atoms with Gasteiger partial charge in [0.25, 0.3) is 0 Å². The van der Waals surface area contributed by atoms with Gasteiger partial charge in [-0.15, -0.1) is 10.2 Å². The Labute approximate surface area is 170 Å². The Morgan fingerprint density at radius 2 is 1.72 bits per heavy atom. The molecule has 1 aromatic heterocycles. The number of benzene rings is 2. The summed E-state index contributed by atoms with van der Waals surface area (Å²) in [5.74, 6) is 1.36. The van der Waals surface area contributed by atoms with Crippen molar-refractivity contribution in [3.8, 4) is 17.1 Å². The van der Waals surface area contributed by atoms with Crippen LogP contribution in [0.25, 0.3) is 17.1 Å². The van der Waals surface area contributed by atoms with Crippen LogP contribution in [-0.4, -0.2) is 48.5 Å². The van der Waals surface area contributed by atoms with Gasteiger partial charge in [-0.3, -0.25) is 4.57 Å². The predicted molar refractivity (Wildman–Crippen MR) is 110 cm³/mol. The van der Waals surface area contributed by atoms with E-state index >= 15 is 0 Å². The zero-order valence-corrected chi connectivity index (χ0v) is 17.1. The molecule has 0 aliphatic carbocycles. The molecule has 152 valence electrons. The largest absolute Gasteiger partial charge is 0.372 e. The first kappa shape index (κ1) is 19.6. The van der Waals surface area contributed by atoms with Crippen LogP contribution in [0.2, 0.25) is 0 Å². The third kappa shape index (κ3) is 4.02. The van der Waals surface area contributed by atoms with Gasteiger partial charge in [-0.1, -0.05) is 30.3 Å². The maximum atomic E-state index is 11.6. The molecule has 0 radical (unpaired) electrons. The van der Waals surface area contributed by atoms with Crippen molar-refractivity contribution in [2.75, 3.05) is 24.6 Å². The zero-order chi connectivity index (χ0) is 20.6. The van der Waals surface area contributed by atoms with E-state index in [1.807, 2.05) is 48.7 Å². The summed E-state index contributed by atoms with van der Waals surface area (Å²) in [5.41, 5.74) is 1.36. The Morgan fingerprint density at radius 1 is 1.03 bits per heavy atom. The van der Waals surface area contributed by atoms with Crippen LogP contribution in [0.15, 0.2) is 59.5 Å². The van der Waals surface area contributed by atoms with Crippen LogP contribution in [0.1, 0.15) is 13.8 Å². The third-order valence-electron chi connectivity index (χ3n) is 4.81. The summed E-state index contributed by atoms with van der Waals surface area (Å²) in [4.78, 5) is 2.20. The molecule has 1 aliphatic heterocycles. The van der Waals surface area contributed by atoms with Crippen LogP contribution >= 0.6 is 0 Å². The normalized spacial score (nSPS) is 16.7. The van der Waals surface area contributed by atoms with E-state index in [1.165, 1.54) is 12.1 Å². The number of hydrogen-bond acceptors (Lipinski definition) is 6. The van der Waals surface area contributed by atoms with E-state index in [0.717, 1.165) is 11.3 Å². The minimum Gasteiger partial charge on any atom is -0.372 e. The first-order valence-corrected chi connectivity index (χ1v) is 10.8. The van der Waals surface area contributed by atoms with Crippen LogP contribution in [0.5, 0.6) is 0 Å². The van der Waals surface area contributed by atoms with Gasteiger partial charge >= 0.3 is 0 Å². The van der Waals surface area contributed by atoms with Crippen molar-refractivity contribution >= 4 is 16.0 Å². The van der Waals surface area contributed by atoms with Crippen molar-refractivity contribution in [2.24, 2.45) is 5.14 Å². The topological polar surface area (TPSA) is 103 Å². The van der Waals surface area contributed by atoms with Crippen LogP contribution in [-0.2, 0) is 14.8 Å². The Balaban J connectivity index is 1.84. The lowest BCUT2D eigenvalue weighted by Gasteiger charge is -2.38. The van der Waals surface area contributed by atoms with E-state index in [0.29, 0.717) is 31.5 Å². The molecule has 2 aromatic carbocycles. The molecular formula is C20H23N5O3S. The second kappa shape index (κ2) is 7.25.